The number of anilines is 1. The summed E-state index contributed by atoms with van der Waals surface area (Å²) in [6.07, 6.45) is 0. The van der Waals surface area contributed by atoms with Crippen LogP contribution in [0.5, 0.6) is 5.75 Å². The molecule has 0 fully saturated rings. The van der Waals surface area contributed by atoms with Crippen molar-refractivity contribution in [2.45, 2.75) is 19.9 Å². The third kappa shape index (κ3) is 3.26. The van der Waals surface area contributed by atoms with Gasteiger partial charge >= 0.3 is 0 Å². The summed E-state index contributed by atoms with van der Waals surface area (Å²) in [4.78, 5) is 0. The maximum Gasteiger partial charge on any atom is 0.131 e. The van der Waals surface area contributed by atoms with Crippen molar-refractivity contribution >= 4 is 5.69 Å². The maximum atomic E-state index is 13.7. The van der Waals surface area contributed by atoms with Crippen LogP contribution in [-0.2, 0) is 0 Å². The highest BCUT2D eigenvalue weighted by atomic mass is 19.1. The van der Waals surface area contributed by atoms with E-state index in [0.717, 1.165) is 11.4 Å². The van der Waals surface area contributed by atoms with E-state index >= 15 is 0 Å². The average Bonchev–Trinajstić information content (AvgIpc) is 2.39. The van der Waals surface area contributed by atoms with Gasteiger partial charge in [0.2, 0.25) is 0 Å². The fourth-order valence-electron chi connectivity index (χ4n) is 2.09. The van der Waals surface area contributed by atoms with Gasteiger partial charge in [-0.15, -0.1) is 0 Å². The lowest BCUT2D eigenvalue weighted by Crippen LogP contribution is -2.11. The summed E-state index contributed by atoms with van der Waals surface area (Å²) in [7, 11) is 0. The van der Waals surface area contributed by atoms with Gasteiger partial charge in [0.25, 0.3) is 0 Å². The second kappa shape index (κ2) is 6.37. The van der Waals surface area contributed by atoms with Crippen LogP contribution in [0.25, 0.3) is 0 Å². The van der Waals surface area contributed by atoms with Crippen molar-refractivity contribution in [1.29, 1.82) is 0 Å². The number of benzene rings is 2. The SMILES string of the molecule is CCOc1cccc(NC(C)c2c(F)cccc2F)c1. The normalized spacial score (nSPS) is 12.0. The standard InChI is InChI=1S/C16H17F2NO/c1-3-20-13-7-4-6-12(10-13)19-11(2)16-14(17)8-5-9-15(16)18/h4-11,19H,3H2,1-2H3. The monoisotopic (exact) mass is 277 g/mol. The molecule has 2 aromatic carbocycles. The smallest absolute Gasteiger partial charge is 0.131 e. The highest BCUT2D eigenvalue weighted by Crippen LogP contribution is 2.26. The van der Waals surface area contributed by atoms with Crippen LogP contribution in [-0.4, -0.2) is 6.61 Å². The van der Waals surface area contributed by atoms with E-state index < -0.39 is 17.7 Å². The third-order valence-corrected chi connectivity index (χ3v) is 2.96. The molecule has 0 radical (unpaired) electrons. The lowest BCUT2D eigenvalue weighted by atomic mass is 10.1. The molecule has 0 aromatic heterocycles. The number of halogens is 2. The van der Waals surface area contributed by atoms with E-state index in [2.05, 4.69) is 5.32 Å². The summed E-state index contributed by atoms with van der Waals surface area (Å²) in [5, 5.41) is 3.08. The predicted molar refractivity (Wildman–Crippen MR) is 76.0 cm³/mol. The average molecular weight is 277 g/mol. The summed E-state index contributed by atoms with van der Waals surface area (Å²) < 4.78 is 32.8. The summed E-state index contributed by atoms with van der Waals surface area (Å²) in [5.41, 5.74) is 0.792. The minimum absolute atomic E-state index is 0.0364. The molecule has 2 aromatic rings. The molecule has 4 heteroatoms. The molecule has 106 valence electrons. The lowest BCUT2D eigenvalue weighted by molar-refractivity contribution is 0.340. The quantitative estimate of drug-likeness (QED) is 0.866. The molecule has 0 saturated heterocycles. The van der Waals surface area contributed by atoms with E-state index in [-0.39, 0.29) is 5.56 Å². The van der Waals surface area contributed by atoms with Crippen molar-refractivity contribution in [3.05, 3.63) is 59.7 Å². The molecule has 0 aliphatic rings. The first-order valence-corrected chi connectivity index (χ1v) is 6.55. The van der Waals surface area contributed by atoms with Crippen molar-refractivity contribution < 1.29 is 13.5 Å². The van der Waals surface area contributed by atoms with Gasteiger partial charge in [-0.1, -0.05) is 12.1 Å². The first-order chi connectivity index (χ1) is 9.61. The summed E-state index contributed by atoms with van der Waals surface area (Å²) in [6, 6.07) is 10.7. The molecule has 0 heterocycles. The zero-order valence-corrected chi connectivity index (χ0v) is 11.5. The van der Waals surface area contributed by atoms with Crippen molar-refractivity contribution in [3.8, 4) is 5.75 Å². The van der Waals surface area contributed by atoms with Gasteiger partial charge in [-0.05, 0) is 38.1 Å². The van der Waals surface area contributed by atoms with Crippen molar-refractivity contribution in [2.24, 2.45) is 0 Å². The highest BCUT2D eigenvalue weighted by Gasteiger charge is 2.15. The van der Waals surface area contributed by atoms with E-state index in [4.69, 9.17) is 4.74 Å². The fraction of sp³-hybridized carbons (Fsp3) is 0.250. The Hall–Kier alpha value is -2.10. The van der Waals surface area contributed by atoms with E-state index in [0.29, 0.717) is 6.61 Å². The Morgan fingerprint density at radius 3 is 2.40 bits per heavy atom. The molecule has 0 spiro atoms. The molecule has 0 saturated carbocycles. The summed E-state index contributed by atoms with van der Waals surface area (Å²) in [6.45, 7) is 4.19. The summed E-state index contributed by atoms with van der Waals surface area (Å²) >= 11 is 0. The number of hydrogen-bond donors (Lipinski definition) is 1. The van der Waals surface area contributed by atoms with Gasteiger partial charge < -0.3 is 10.1 Å². The van der Waals surface area contributed by atoms with Crippen molar-refractivity contribution in [1.82, 2.24) is 0 Å². The molecule has 0 aliphatic heterocycles. The Morgan fingerprint density at radius 1 is 1.10 bits per heavy atom. The molecule has 0 amide bonds. The van der Waals surface area contributed by atoms with E-state index in [1.54, 1.807) is 13.0 Å². The van der Waals surface area contributed by atoms with Crippen molar-refractivity contribution in [3.63, 3.8) is 0 Å². The van der Waals surface area contributed by atoms with Crippen LogP contribution in [0, 0.1) is 11.6 Å². The zero-order valence-electron chi connectivity index (χ0n) is 11.5. The van der Waals surface area contributed by atoms with Crippen molar-refractivity contribution in [2.75, 3.05) is 11.9 Å². The zero-order chi connectivity index (χ0) is 14.5. The molecule has 2 rings (SSSR count). The number of rotatable bonds is 5. The van der Waals surface area contributed by atoms with E-state index in [1.165, 1.54) is 18.2 Å². The molecular formula is C16H17F2NO. The molecule has 1 atom stereocenters. The van der Waals surface area contributed by atoms with E-state index in [1.807, 2.05) is 25.1 Å². The van der Waals surface area contributed by atoms with Gasteiger partial charge in [0.15, 0.2) is 0 Å². The van der Waals surface area contributed by atoms with Gasteiger partial charge in [0.05, 0.1) is 12.6 Å². The molecular weight excluding hydrogens is 260 g/mol. The number of ether oxygens (including phenoxy) is 1. The third-order valence-electron chi connectivity index (χ3n) is 2.96. The fourth-order valence-corrected chi connectivity index (χ4v) is 2.09. The van der Waals surface area contributed by atoms with Crippen LogP contribution in [0.3, 0.4) is 0 Å². The van der Waals surface area contributed by atoms with Gasteiger partial charge in [-0.3, -0.25) is 0 Å². The molecule has 2 nitrogen and oxygen atoms in total. The maximum absolute atomic E-state index is 13.7. The Balaban J connectivity index is 2.19. The minimum atomic E-state index is -0.550. The first-order valence-electron chi connectivity index (χ1n) is 6.55. The predicted octanol–water partition coefficient (Wildman–Crippen LogP) is 4.54. The number of hydrogen-bond acceptors (Lipinski definition) is 2. The van der Waals surface area contributed by atoms with Crippen LogP contribution >= 0.6 is 0 Å². The summed E-state index contributed by atoms with van der Waals surface area (Å²) in [5.74, 6) is -0.379. The van der Waals surface area contributed by atoms with Crippen LogP contribution in [0.15, 0.2) is 42.5 Å². The largest absolute Gasteiger partial charge is 0.494 e. The molecule has 0 aliphatic carbocycles. The second-order valence-electron chi connectivity index (χ2n) is 4.46. The molecule has 1 unspecified atom stereocenters. The Bertz CT molecular complexity index is 566. The van der Waals surface area contributed by atoms with Crippen LogP contribution < -0.4 is 10.1 Å². The van der Waals surface area contributed by atoms with Gasteiger partial charge in [-0.25, -0.2) is 8.78 Å². The van der Waals surface area contributed by atoms with Crippen LogP contribution in [0.2, 0.25) is 0 Å². The van der Waals surface area contributed by atoms with E-state index in [9.17, 15) is 8.78 Å². The van der Waals surface area contributed by atoms with Gasteiger partial charge in [-0.2, -0.15) is 0 Å². The highest BCUT2D eigenvalue weighted by molar-refractivity contribution is 5.50. The topological polar surface area (TPSA) is 21.3 Å². The Labute approximate surface area is 117 Å². The Kier molecular flexibility index (Phi) is 4.56. The molecule has 1 N–H and O–H groups in total. The Morgan fingerprint density at radius 2 is 1.75 bits per heavy atom. The molecule has 20 heavy (non-hydrogen) atoms. The second-order valence-corrected chi connectivity index (χ2v) is 4.46. The first kappa shape index (κ1) is 14.3. The van der Waals surface area contributed by atoms with Crippen LogP contribution in [0.4, 0.5) is 14.5 Å². The lowest BCUT2D eigenvalue weighted by Gasteiger charge is -2.17. The minimum Gasteiger partial charge on any atom is -0.494 e. The molecule has 0 bridgehead atoms. The van der Waals surface area contributed by atoms with Gasteiger partial charge in [0, 0.05) is 17.3 Å². The number of nitrogens with one attached hydrogen (secondary N) is 1. The van der Waals surface area contributed by atoms with Crippen LogP contribution in [0.1, 0.15) is 25.5 Å². The van der Waals surface area contributed by atoms with Gasteiger partial charge in [0.1, 0.15) is 17.4 Å².